The Morgan fingerprint density at radius 3 is 3.06 bits per heavy atom. The van der Waals surface area contributed by atoms with E-state index in [4.69, 9.17) is 4.74 Å². The lowest BCUT2D eigenvalue weighted by Crippen LogP contribution is -2.36. The predicted octanol–water partition coefficient (Wildman–Crippen LogP) is 1.16. The number of carbonyl (C=O) groups excluding carboxylic acids is 1. The number of methoxy groups -OCH3 is 1. The first-order chi connectivity index (χ1) is 7.74. The Morgan fingerprint density at radius 1 is 1.62 bits per heavy atom. The quantitative estimate of drug-likeness (QED) is 0.706. The number of ether oxygens (including phenoxy) is 1. The van der Waals surface area contributed by atoms with E-state index in [1.807, 2.05) is 24.4 Å². The molecule has 0 saturated carbocycles. The molecule has 0 aliphatic heterocycles. The van der Waals surface area contributed by atoms with Gasteiger partial charge >= 0.3 is 0 Å². The molecule has 0 aromatic carbocycles. The molecular weight excluding hydrogens is 224 g/mol. The van der Waals surface area contributed by atoms with Crippen molar-refractivity contribution in [2.24, 2.45) is 0 Å². The van der Waals surface area contributed by atoms with Gasteiger partial charge in [0.05, 0.1) is 19.2 Å². The second kappa shape index (κ2) is 7.38. The Balaban J connectivity index is 2.19. The first kappa shape index (κ1) is 13.2. The first-order valence-corrected chi connectivity index (χ1v) is 6.14. The van der Waals surface area contributed by atoms with Gasteiger partial charge in [0, 0.05) is 18.5 Å². The zero-order chi connectivity index (χ0) is 11.8. The van der Waals surface area contributed by atoms with Crippen molar-refractivity contribution in [2.75, 3.05) is 26.8 Å². The fourth-order valence-electron chi connectivity index (χ4n) is 1.28. The molecule has 0 aliphatic rings. The molecule has 1 aromatic heterocycles. The zero-order valence-electron chi connectivity index (χ0n) is 9.66. The highest BCUT2D eigenvalue weighted by molar-refractivity contribution is 7.10. The third-order valence-corrected chi connectivity index (χ3v) is 3.17. The minimum Gasteiger partial charge on any atom is -0.383 e. The fraction of sp³-hybridized carbons (Fsp3) is 0.545. The molecule has 0 aliphatic carbocycles. The maximum atomic E-state index is 11.5. The normalized spacial score (nSPS) is 12.4. The Hall–Kier alpha value is -0.910. The van der Waals surface area contributed by atoms with Crippen LogP contribution in [0.2, 0.25) is 0 Å². The van der Waals surface area contributed by atoms with Gasteiger partial charge in [-0.25, -0.2) is 0 Å². The van der Waals surface area contributed by atoms with Gasteiger partial charge in [0.15, 0.2) is 0 Å². The van der Waals surface area contributed by atoms with Crippen molar-refractivity contribution in [1.29, 1.82) is 0 Å². The van der Waals surface area contributed by atoms with Crippen LogP contribution in [0.15, 0.2) is 17.5 Å². The third kappa shape index (κ3) is 4.74. The Labute approximate surface area is 100 Å². The number of thiophene rings is 1. The average molecular weight is 242 g/mol. The molecule has 1 rings (SSSR count). The summed E-state index contributed by atoms with van der Waals surface area (Å²) >= 11 is 1.65. The molecular formula is C11H18N2O2S. The molecule has 2 N–H and O–H groups in total. The van der Waals surface area contributed by atoms with Gasteiger partial charge in [-0.05, 0) is 18.4 Å². The zero-order valence-corrected chi connectivity index (χ0v) is 10.5. The second-order valence-corrected chi connectivity index (χ2v) is 4.45. The van der Waals surface area contributed by atoms with E-state index in [0.717, 1.165) is 0 Å². The fourth-order valence-corrected chi connectivity index (χ4v) is 2.01. The van der Waals surface area contributed by atoms with Crippen LogP contribution in [0.3, 0.4) is 0 Å². The SMILES string of the molecule is COCCNCC(=O)NC(C)c1cccs1. The molecule has 1 atom stereocenters. The van der Waals surface area contributed by atoms with E-state index < -0.39 is 0 Å². The van der Waals surface area contributed by atoms with Crippen LogP contribution in [0.1, 0.15) is 17.8 Å². The number of nitrogens with one attached hydrogen (secondary N) is 2. The van der Waals surface area contributed by atoms with Gasteiger partial charge in [0.25, 0.3) is 0 Å². The Bertz CT molecular complexity index is 301. The van der Waals surface area contributed by atoms with Crippen molar-refractivity contribution in [3.63, 3.8) is 0 Å². The molecule has 5 heteroatoms. The van der Waals surface area contributed by atoms with Crippen molar-refractivity contribution >= 4 is 17.2 Å². The van der Waals surface area contributed by atoms with Crippen molar-refractivity contribution in [1.82, 2.24) is 10.6 Å². The topological polar surface area (TPSA) is 50.4 Å². The maximum absolute atomic E-state index is 11.5. The van der Waals surface area contributed by atoms with Crippen LogP contribution in [-0.2, 0) is 9.53 Å². The van der Waals surface area contributed by atoms with E-state index in [1.54, 1.807) is 18.4 Å². The number of carbonyl (C=O) groups is 1. The van der Waals surface area contributed by atoms with Gasteiger partial charge in [0.1, 0.15) is 0 Å². The van der Waals surface area contributed by atoms with Crippen LogP contribution < -0.4 is 10.6 Å². The minimum absolute atomic E-state index is 0.0111. The van der Waals surface area contributed by atoms with Gasteiger partial charge in [-0.1, -0.05) is 6.07 Å². The van der Waals surface area contributed by atoms with Gasteiger partial charge in [-0.15, -0.1) is 11.3 Å². The highest BCUT2D eigenvalue weighted by Gasteiger charge is 2.09. The standard InChI is InChI=1S/C11H18N2O2S/c1-9(10-4-3-7-16-10)13-11(14)8-12-5-6-15-2/h3-4,7,9,12H,5-6,8H2,1-2H3,(H,13,14). The summed E-state index contributed by atoms with van der Waals surface area (Å²) in [5.74, 6) is 0.0111. The Kier molecular flexibility index (Phi) is 6.07. The molecule has 0 fully saturated rings. The van der Waals surface area contributed by atoms with E-state index in [-0.39, 0.29) is 11.9 Å². The molecule has 1 unspecified atom stereocenters. The van der Waals surface area contributed by atoms with E-state index in [1.165, 1.54) is 4.88 Å². The number of amides is 1. The molecule has 4 nitrogen and oxygen atoms in total. The monoisotopic (exact) mass is 242 g/mol. The summed E-state index contributed by atoms with van der Waals surface area (Å²) in [5.41, 5.74) is 0. The first-order valence-electron chi connectivity index (χ1n) is 5.26. The second-order valence-electron chi connectivity index (χ2n) is 3.47. The molecule has 0 spiro atoms. The predicted molar refractivity (Wildman–Crippen MR) is 65.6 cm³/mol. The third-order valence-electron chi connectivity index (χ3n) is 2.12. The summed E-state index contributed by atoms with van der Waals surface area (Å²) in [5, 5.41) is 7.94. The van der Waals surface area contributed by atoms with Gasteiger partial charge in [0.2, 0.25) is 5.91 Å². The summed E-state index contributed by atoms with van der Waals surface area (Å²) in [6.45, 7) is 3.63. The van der Waals surface area contributed by atoms with Crippen molar-refractivity contribution in [2.45, 2.75) is 13.0 Å². The highest BCUT2D eigenvalue weighted by atomic mass is 32.1. The number of hydrogen-bond acceptors (Lipinski definition) is 4. The van der Waals surface area contributed by atoms with Crippen molar-refractivity contribution in [3.05, 3.63) is 22.4 Å². The lowest BCUT2D eigenvalue weighted by molar-refractivity contribution is -0.120. The van der Waals surface area contributed by atoms with Crippen molar-refractivity contribution in [3.8, 4) is 0 Å². The molecule has 16 heavy (non-hydrogen) atoms. The molecule has 0 saturated heterocycles. The number of hydrogen-bond donors (Lipinski definition) is 2. The summed E-state index contributed by atoms with van der Waals surface area (Å²) in [6, 6.07) is 4.09. The largest absolute Gasteiger partial charge is 0.383 e. The van der Waals surface area contributed by atoms with E-state index in [0.29, 0.717) is 19.7 Å². The van der Waals surface area contributed by atoms with E-state index in [2.05, 4.69) is 10.6 Å². The molecule has 1 amide bonds. The van der Waals surface area contributed by atoms with Crippen LogP contribution in [0.4, 0.5) is 0 Å². The van der Waals surface area contributed by atoms with Crippen LogP contribution in [0.25, 0.3) is 0 Å². The smallest absolute Gasteiger partial charge is 0.234 e. The van der Waals surface area contributed by atoms with Crippen LogP contribution in [-0.4, -0.2) is 32.7 Å². The minimum atomic E-state index is 0.0111. The average Bonchev–Trinajstić information content (AvgIpc) is 2.77. The van der Waals surface area contributed by atoms with E-state index >= 15 is 0 Å². The summed E-state index contributed by atoms with van der Waals surface area (Å²) in [6.07, 6.45) is 0. The Morgan fingerprint density at radius 2 is 2.44 bits per heavy atom. The van der Waals surface area contributed by atoms with Gasteiger partial charge < -0.3 is 15.4 Å². The van der Waals surface area contributed by atoms with Crippen LogP contribution in [0.5, 0.6) is 0 Å². The molecule has 0 radical (unpaired) electrons. The van der Waals surface area contributed by atoms with Crippen LogP contribution in [0, 0.1) is 0 Å². The number of rotatable bonds is 7. The molecule has 0 bridgehead atoms. The lowest BCUT2D eigenvalue weighted by Gasteiger charge is -2.12. The lowest BCUT2D eigenvalue weighted by atomic mass is 10.3. The summed E-state index contributed by atoms with van der Waals surface area (Å²) in [7, 11) is 1.64. The van der Waals surface area contributed by atoms with Gasteiger partial charge in [-0.2, -0.15) is 0 Å². The van der Waals surface area contributed by atoms with Crippen LogP contribution >= 0.6 is 11.3 Å². The molecule has 1 aromatic rings. The van der Waals surface area contributed by atoms with Gasteiger partial charge in [-0.3, -0.25) is 4.79 Å². The maximum Gasteiger partial charge on any atom is 0.234 e. The highest BCUT2D eigenvalue weighted by Crippen LogP contribution is 2.17. The van der Waals surface area contributed by atoms with Crippen molar-refractivity contribution < 1.29 is 9.53 Å². The van der Waals surface area contributed by atoms with E-state index in [9.17, 15) is 4.79 Å². The molecule has 1 heterocycles. The summed E-state index contributed by atoms with van der Waals surface area (Å²) < 4.78 is 4.87. The summed E-state index contributed by atoms with van der Waals surface area (Å²) in [4.78, 5) is 12.7. The molecule has 90 valence electrons.